The Morgan fingerprint density at radius 2 is 2.14 bits per heavy atom. The van der Waals surface area contributed by atoms with Crippen molar-refractivity contribution >= 4 is 17.7 Å². The van der Waals surface area contributed by atoms with E-state index in [1.807, 2.05) is 30.0 Å². The molecule has 0 spiro atoms. The summed E-state index contributed by atoms with van der Waals surface area (Å²) in [4.78, 5) is 13.8. The Balaban J connectivity index is 1.73. The fourth-order valence-corrected chi connectivity index (χ4v) is 4.01. The van der Waals surface area contributed by atoms with Crippen molar-refractivity contribution in [3.05, 3.63) is 34.9 Å². The molecule has 1 heterocycles. The Morgan fingerprint density at radius 1 is 1.41 bits per heavy atom. The van der Waals surface area contributed by atoms with Gasteiger partial charge in [-0.3, -0.25) is 0 Å². The largest absolute Gasteiger partial charge is 0.444 e. The van der Waals surface area contributed by atoms with Crippen LogP contribution in [0.25, 0.3) is 0 Å². The number of nitrogens with zero attached hydrogens (tertiary/aromatic N) is 1. The molecule has 2 aliphatic rings. The molecule has 0 bridgehead atoms. The zero-order valence-electron chi connectivity index (χ0n) is 12.9. The molecular weight excluding hydrogens is 300 g/mol. The number of carbonyl (C=O) groups is 1. The highest BCUT2D eigenvalue weighted by molar-refractivity contribution is 6.30. The summed E-state index contributed by atoms with van der Waals surface area (Å²) in [5.41, 5.74) is 7.32. The van der Waals surface area contributed by atoms with Crippen LogP contribution in [-0.2, 0) is 10.2 Å². The lowest BCUT2D eigenvalue weighted by molar-refractivity contribution is 0.120. The quantitative estimate of drug-likeness (QED) is 0.928. The van der Waals surface area contributed by atoms with Crippen LogP contribution in [0, 0.1) is 0 Å². The highest BCUT2D eigenvalue weighted by Crippen LogP contribution is 2.41. The molecule has 1 aromatic rings. The van der Waals surface area contributed by atoms with E-state index < -0.39 is 0 Å². The van der Waals surface area contributed by atoms with Gasteiger partial charge < -0.3 is 15.4 Å². The van der Waals surface area contributed by atoms with Gasteiger partial charge in [-0.25, -0.2) is 4.79 Å². The molecule has 1 saturated heterocycles. The minimum absolute atomic E-state index is 0.00150. The van der Waals surface area contributed by atoms with Gasteiger partial charge in [-0.15, -0.1) is 0 Å². The minimum Gasteiger partial charge on any atom is -0.444 e. The number of rotatable bonds is 3. The first-order chi connectivity index (χ1) is 10.5. The Hall–Kier alpha value is -1.26. The minimum atomic E-state index is -0.166. The number of carbonyl (C=O) groups excluding carboxylic acids is 1. The van der Waals surface area contributed by atoms with Gasteiger partial charge in [0, 0.05) is 23.0 Å². The predicted molar refractivity (Wildman–Crippen MR) is 87.1 cm³/mol. The van der Waals surface area contributed by atoms with E-state index in [0.717, 1.165) is 30.7 Å². The maximum atomic E-state index is 11.9. The third-order valence-corrected chi connectivity index (χ3v) is 5.41. The van der Waals surface area contributed by atoms with Crippen molar-refractivity contribution in [3.63, 3.8) is 0 Å². The topological polar surface area (TPSA) is 55.6 Å². The Bertz CT molecular complexity index is 555. The van der Waals surface area contributed by atoms with Gasteiger partial charge in [0.15, 0.2) is 0 Å². The first-order valence-corrected chi connectivity index (χ1v) is 8.35. The number of nitrogens with two attached hydrogens (primary N) is 1. The summed E-state index contributed by atoms with van der Waals surface area (Å²) in [5, 5.41) is 0.754. The molecule has 1 atom stereocenters. The van der Waals surface area contributed by atoms with Crippen LogP contribution in [0.5, 0.6) is 0 Å². The van der Waals surface area contributed by atoms with Crippen LogP contribution in [0.1, 0.15) is 38.2 Å². The van der Waals surface area contributed by atoms with E-state index >= 15 is 0 Å². The second kappa shape index (κ2) is 6.09. The molecular formula is C17H23ClN2O2. The smallest absolute Gasteiger partial charge is 0.410 e. The van der Waals surface area contributed by atoms with Crippen LogP contribution < -0.4 is 5.73 Å². The van der Waals surface area contributed by atoms with E-state index in [1.165, 1.54) is 5.56 Å². The van der Waals surface area contributed by atoms with Gasteiger partial charge in [0.1, 0.15) is 6.10 Å². The molecule has 1 amide bonds. The van der Waals surface area contributed by atoms with Gasteiger partial charge >= 0.3 is 6.09 Å². The van der Waals surface area contributed by atoms with Gasteiger partial charge in [-0.1, -0.05) is 23.7 Å². The summed E-state index contributed by atoms with van der Waals surface area (Å²) in [6, 6.07) is 8.30. The van der Waals surface area contributed by atoms with Crippen molar-refractivity contribution in [2.75, 3.05) is 13.1 Å². The molecule has 0 aromatic heterocycles. The summed E-state index contributed by atoms with van der Waals surface area (Å²) in [7, 11) is 0. The Morgan fingerprint density at radius 3 is 2.68 bits per heavy atom. The second-order valence-corrected chi connectivity index (χ2v) is 7.01. The van der Waals surface area contributed by atoms with Crippen molar-refractivity contribution in [2.45, 2.75) is 50.2 Å². The number of hydrogen-bond acceptors (Lipinski definition) is 3. The lowest BCUT2D eigenvalue weighted by atomic mass is 9.68. The van der Waals surface area contributed by atoms with Gasteiger partial charge in [0.05, 0.1) is 6.54 Å². The summed E-state index contributed by atoms with van der Waals surface area (Å²) in [6.45, 7) is 3.26. The first kappa shape index (κ1) is 15.6. The summed E-state index contributed by atoms with van der Waals surface area (Å²) in [5.74, 6) is 0. The fraction of sp³-hybridized carbons (Fsp3) is 0.588. The average molecular weight is 323 g/mol. The summed E-state index contributed by atoms with van der Waals surface area (Å²) in [6.07, 6.45) is 3.72. The van der Waals surface area contributed by atoms with Crippen LogP contribution in [0.15, 0.2) is 24.3 Å². The fourth-order valence-electron chi connectivity index (χ4n) is 3.82. The number of benzene rings is 1. The molecule has 3 rings (SSSR count). The number of ether oxygens (including phenoxy) is 1. The zero-order valence-corrected chi connectivity index (χ0v) is 13.7. The van der Waals surface area contributed by atoms with Gasteiger partial charge in [-0.05, 0) is 50.3 Å². The van der Waals surface area contributed by atoms with Gasteiger partial charge in [0.25, 0.3) is 0 Å². The number of hydrogen-bond donors (Lipinski definition) is 1. The van der Waals surface area contributed by atoms with E-state index in [1.54, 1.807) is 0 Å². The molecule has 4 nitrogen and oxygen atoms in total. The molecule has 2 fully saturated rings. The van der Waals surface area contributed by atoms with E-state index in [2.05, 4.69) is 6.07 Å². The van der Waals surface area contributed by atoms with Crippen molar-refractivity contribution in [1.82, 2.24) is 4.90 Å². The van der Waals surface area contributed by atoms with Crippen LogP contribution in [0.4, 0.5) is 4.79 Å². The Kier molecular flexibility index (Phi) is 4.33. The molecule has 5 heteroatoms. The van der Waals surface area contributed by atoms with Crippen molar-refractivity contribution in [1.29, 1.82) is 0 Å². The molecule has 1 aromatic carbocycles. The number of amides is 1. The number of halogens is 1. The van der Waals surface area contributed by atoms with Crippen LogP contribution in [0.2, 0.25) is 5.02 Å². The third kappa shape index (κ3) is 2.82. The molecule has 0 radical (unpaired) electrons. The normalized spacial score (nSPS) is 32.1. The van der Waals surface area contributed by atoms with Gasteiger partial charge in [-0.2, -0.15) is 0 Å². The van der Waals surface area contributed by atoms with Crippen molar-refractivity contribution in [3.8, 4) is 0 Å². The van der Waals surface area contributed by atoms with Crippen LogP contribution in [-0.4, -0.2) is 36.2 Å². The average Bonchev–Trinajstić information content (AvgIpc) is 2.86. The molecule has 1 saturated carbocycles. The summed E-state index contributed by atoms with van der Waals surface area (Å²) < 4.78 is 5.25. The third-order valence-electron chi connectivity index (χ3n) is 5.17. The van der Waals surface area contributed by atoms with E-state index in [0.29, 0.717) is 13.1 Å². The van der Waals surface area contributed by atoms with Gasteiger partial charge in [0.2, 0.25) is 0 Å². The second-order valence-electron chi connectivity index (χ2n) is 6.57. The molecule has 0 unspecified atom stereocenters. The highest BCUT2D eigenvalue weighted by Gasteiger charge is 2.41. The van der Waals surface area contributed by atoms with E-state index in [4.69, 9.17) is 22.1 Å². The van der Waals surface area contributed by atoms with Crippen LogP contribution >= 0.6 is 11.6 Å². The van der Waals surface area contributed by atoms with Crippen molar-refractivity contribution in [2.24, 2.45) is 5.73 Å². The molecule has 1 aliphatic heterocycles. The van der Waals surface area contributed by atoms with Crippen molar-refractivity contribution < 1.29 is 9.53 Å². The molecule has 1 aliphatic carbocycles. The highest BCUT2D eigenvalue weighted by atomic mass is 35.5. The lowest BCUT2D eigenvalue weighted by Gasteiger charge is -2.42. The maximum absolute atomic E-state index is 11.9. The van der Waals surface area contributed by atoms with Crippen LogP contribution in [0.3, 0.4) is 0 Å². The van der Waals surface area contributed by atoms with E-state index in [9.17, 15) is 4.79 Å². The predicted octanol–water partition coefficient (Wildman–Crippen LogP) is 3.32. The maximum Gasteiger partial charge on any atom is 0.410 e. The summed E-state index contributed by atoms with van der Waals surface area (Å²) >= 11 is 6.14. The standard InChI is InChI=1S/C17H23ClN2O2/c1-12-10-20(16(21)22-12)15-5-7-17(11-19,8-6-15)13-3-2-4-14(18)9-13/h2-4,9,12,15H,5-8,10-11,19H2,1H3/t12-,15?,17?/m1/s1. The van der Waals surface area contributed by atoms with E-state index in [-0.39, 0.29) is 23.7 Å². The monoisotopic (exact) mass is 322 g/mol. The molecule has 120 valence electrons. The molecule has 2 N–H and O–H groups in total. The molecule has 22 heavy (non-hydrogen) atoms. The number of cyclic esters (lactones) is 1. The Labute approximate surface area is 136 Å². The SMILES string of the molecule is C[C@@H]1CN(C2CCC(CN)(c3cccc(Cl)c3)CC2)C(=O)O1. The zero-order chi connectivity index (χ0) is 15.7. The lowest BCUT2D eigenvalue weighted by Crippen LogP contribution is -2.46. The first-order valence-electron chi connectivity index (χ1n) is 7.97.